The van der Waals surface area contributed by atoms with Crippen molar-refractivity contribution in [2.45, 2.75) is 18.4 Å². The van der Waals surface area contributed by atoms with Gasteiger partial charge in [-0.15, -0.1) is 0 Å². The fraction of sp³-hybridized carbons (Fsp3) is 0.143. The highest BCUT2D eigenvalue weighted by molar-refractivity contribution is 14.1. The van der Waals surface area contributed by atoms with Crippen LogP contribution in [0, 0.1) is 10.5 Å². The van der Waals surface area contributed by atoms with E-state index in [1.807, 2.05) is 22.6 Å². The number of aliphatic hydroxyl groups excluding tert-OH is 1. The maximum absolute atomic E-state index is 12.5. The first kappa shape index (κ1) is 16.5. The van der Waals surface area contributed by atoms with E-state index in [1.165, 1.54) is 6.07 Å². The fourth-order valence-electron chi connectivity index (χ4n) is 1.80. The normalized spacial score (nSPS) is 11.4. The number of nitrogens with one attached hydrogen (secondary N) is 1. The average molecular weight is 438 g/mol. The Labute approximate surface area is 142 Å². The molecule has 0 radical (unpaired) electrons. The lowest BCUT2D eigenvalue weighted by molar-refractivity contribution is 0.281. The number of benzene rings is 2. The Morgan fingerprint density at radius 3 is 2.57 bits per heavy atom. The maximum Gasteiger partial charge on any atom is 0.262 e. The molecule has 0 atom stereocenters. The number of aryl methyl sites for hydroxylation is 1. The highest BCUT2D eigenvalue weighted by Crippen LogP contribution is 2.26. The van der Waals surface area contributed by atoms with E-state index in [0.29, 0.717) is 25.4 Å². The second-order valence-electron chi connectivity index (χ2n) is 4.49. The van der Waals surface area contributed by atoms with Gasteiger partial charge in [0, 0.05) is 8.59 Å². The molecule has 0 bridgehead atoms. The molecule has 2 aromatic rings. The van der Waals surface area contributed by atoms with E-state index in [4.69, 9.17) is 16.7 Å². The molecule has 0 aliphatic rings. The van der Waals surface area contributed by atoms with E-state index >= 15 is 0 Å². The van der Waals surface area contributed by atoms with Gasteiger partial charge >= 0.3 is 0 Å². The summed E-state index contributed by atoms with van der Waals surface area (Å²) in [5.41, 5.74) is 1.63. The van der Waals surface area contributed by atoms with Crippen molar-refractivity contribution in [3.63, 3.8) is 0 Å². The monoisotopic (exact) mass is 437 g/mol. The number of hydrogen-bond acceptors (Lipinski definition) is 3. The van der Waals surface area contributed by atoms with E-state index in [0.717, 1.165) is 0 Å². The highest BCUT2D eigenvalue weighted by atomic mass is 127. The van der Waals surface area contributed by atoms with E-state index in [1.54, 1.807) is 37.3 Å². The minimum Gasteiger partial charge on any atom is -0.392 e. The van der Waals surface area contributed by atoms with E-state index in [9.17, 15) is 8.42 Å². The number of sulfonamides is 1. The number of hydrogen-bond donors (Lipinski definition) is 2. The standard InChI is InChI=1S/C14H13ClINO3S/c1-9-2-3-10(8-18)6-14(9)21(19,20)17-13-5-4-11(15)7-12(13)16/h2-7,17-18H,8H2,1H3. The molecular formula is C14H13ClINO3S. The van der Waals surface area contributed by atoms with Crippen LogP contribution in [0.4, 0.5) is 5.69 Å². The van der Waals surface area contributed by atoms with Crippen molar-refractivity contribution in [2.24, 2.45) is 0 Å². The summed E-state index contributed by atoms with van der Waals surface area (Å²) in [6.45, 7) is 1.50. The zero-order valence-electron chi connectivity index (χ0n) is 11.1. The van der Waals surface area contributed by atoms with Crippen molar-refractivity contribution in [2.75, 3.05) is 4.72 Å². The molecule has 0 saturated heterocycles. The third-order valence-corrected chi connectivity index (χ3v) is 5.54. The number of anilines is 1. The molecule has 0 amide bonds. The van der Waals surface area contributed by atoms with Crippen LogP contribution in [0.1, 0.15) is 11.1 Å². The lowest BCUT2D eigenvalue weighted by Gasteiger charge is -2.13. The van der Waals surface area contributed by atoms with Gasteiger partial charge in [0.15, 0.2) is 0 Å². The zero-order chi connectivity index (χ0) is 15.6. The van der Waals surface area contributed by atoms with Gasteiger partial charge in [0.25, 0.3) is 10.0 Å². The van der Waals surface area contributed by atoms with Crippen molar-refractivity contribution in [1.29, 1.82) is 0 Å². The Balaban J connectivity index is 2.43. The summed E-state index contributed by atoms with van der Waals surface area (Å²) in [5, 5.41) is 9.69. The molecule has 0 aliphatic carbocycles. The van der Waals surface area contributed by atoms with Crippen molar-refractivity contribution >= 4 is 49.9 Å². The molecule has 2 N–H and O–H groups in total. The fourth-order valence-corrected chi connectivity index (χ4v) is 4.37. The van der Waals surface area contributed by atoms with Gasteiger partial charge in [0.1, 0.15) is 0 Å². The van der Waals surface area contributed by atoms with Crippen LogP contribution in [0.15, 0.2) is 41.3 Å². The first-order valence-corrected chi connectivity index (χ1v) is 8.96. The smallest absolute Gasteiger partial charge is 0.262 e. The molecule has 0 heterocycles. The largest absolute Gasteiger partial charge is 0.392 e. The predicted molar refractivity (Wildman–Crippen MR) is 92.1 cm³/mol. The lowest BCUT2D eigenvalue weighted by Crippen LogP contribution is -2.15. The molecule has 0 aliphatic heterocycles. The Morgan fingerprint density at radius 2 is 1.95 bits per heavy atom. The summed E-state index contributed by atoms with van der Waals surface area (Å²) in [7, 11) is -3.72. The van der Waals surface area contributed by atoms with Crippen LogP contribution in [0.2, 0.25) is 5.02 Å². The summed E-state index contributed by atoms with van der Waals surface area (Å²) in [5.74, 6) is 0. The van der Waals surface area contributed by atoms with Gasteiger partial charge in [-0.05, 0) is 64.9 Å². The van der Waals surface area contributed by atoms with Crippen LogP contribution in [0.5, 0.6) is 0 Å². The minimum atomic E-state index is -3.72. The molecule has 21 heavy (non-hydrogen) atoms. The molecule has 0 unspecified atom stereocenters. The van der Waals surface area contributed by atoms with E-state index in [-0.39, 0.29) is 11.5 Å². The van der Waals surface area contributed by atoms with Crippen molar-refractivity contribution in [3.05, 3.63) is 56.1 Å². The molecule has 0 saturated carbocycles. The van der Waals surface area contributed by atoms with Gasteiger partial charge in [-0.2, -0.15) is 0 Å². The highest BCUT2D eigenvalue weighted by Gasteiger charge is 2.18. The summed E-state index contributed by atoms with van der Waals surface area (Å²) >= 11 is 7.88. The Bertz CT molecular complexity index is 778. The number of rotatable bonds is 4. The third-order valence-electron chi connectivity index (χ3n) is 2.90. The molecule has 4 nitrogen and oxygen atoms in total. The first-order valence-electron chi connectivity index (χ1n) is 6.02. The van der Waals surface area contributed by atoms with Gasteiger partial charge in [-0.3, -0.25) is 4.72 Å². The minimum absolute atomic E-state index is 0.153. The summed E-state index contributed by atoms with van der Waals surface area (Å²) in [6, 6.07) is 9.76. The summed E-state index contributed by atoms with van der Waals surface area (Å²) < 4.78 is 28.3. The summed E-state index contributed by atoms with van der Waals surface area (Å²) in [4.78, 5) is 0.153. The van der Waals surface area contributed by atoms with Gasteiger partial charge in [-0.1, -0.05) is 23.7 Å². The second kappa shape index (κ2) is 6.51. The molecule has 0 spiro atoms. The van der Waals surface area contributed by atoms with Crippen molar-refractivity contribution in [1.82, 2.24) is 0 Å². The SMILES string of the molecule is Cc1ccc(CO)cc1S(=O)(=O)Nc1ccc(Cl)cc1I. The second-order valence-corrected chi connectivity index (χ2v) is 7.74. The first-order chi connectivity index (χ1) is 9.83. The Hall–Kier alpha value is -0.830. The van der Waals surface area contributed by atoms with Gasteiger partial charge in [0.2, 0.25) is 0 Å². The van der Waals surface area contributed by atoms with Crippen molar-refractivity contribution < 1.29 is 13.5 Å². The predicted octanol–water partition coefficient (Wildman–Crippen LogP) is 3.55. The van der Waals surface area contributed by atoms with Crippen LogP contribution < -0.4 is 4.72 Å². The van der Waals surface area contributed by atoms with Crippen LogP contribution >= 0.6 is 34.2 Å². The molecule has 2 aromatic carbocycles. The zero-order valence-corrected chi connectivity index (χ0v) is 14.8. The maximum atomic E-state index is 12.5. The Kier molecular flexibility index (Phi) is 5.13. The van der Waals surface area contributed by atoms with Gasteiger partial charge in [-0.25, -0.2) is 8.42 Å². The van der Waals surface area contributed by atoms with E-state index < -0.39 is 10.0 Å². The van der Waals surface area contributed by atoms with Crippen LogP contribution in [0.3, 0.4) is 0 Å². The molecule has 2 rings (SSSR count). The van der Waals surface area contributed by atoms with Gasteiger partial charge in [0.05, 0.1) is 17.2 Å². The lowest BCUT2D eigenvalue weighted by atomic mass is 10.2. The average Bonchev–Trinajstić information content (AvgIpc) is 2.42. The van der Waals surface area contributed by atoms with Crippen LogP contribution in [-0.4, -0.2) is 13.5 Å². The van der Waals surface area contributed by atoms with Gasteiger partial charge < -0.3 is 5.11 Å². The topological polar surface area (TPSA) is 66.4 Å². The molecule has 0 aromatic heterocycles. The molecule has 112 valence electrons. The molecular weight excluding hydrogens is 425 g/mol. The summed E-state index contributed by atoms with van der Waals surface area (Å²) in [6.07, 6.45) is 0. The Morgan fingerprint density at radius 1 is 1.24 bits per heavy atom. The quantitative estimate of drug-likeness (QED) is 0.719. The third kappa shape index (κ3) is 3.88. The molecule has 0 fully saturated rings. The molecule has 7 heteroatoms. The van der Waals surface area contributed by atoms with Crippen LogP contribution in [0.25, 0.3) is 0 Å². The van der Waals surface area contributed by atoms with E-state index in [2.05, 4.69) is 4.72 Å². The van der Waals surface area contributed by atoms with Crippen molar-refractivity contribution in [3.8, 4) is 0 Å². The number of aliphatic hydroxyl groups is 1. The number of halogens is 2. The van der Waals surface area contributed by atoms with Crippen LogP contribution in [-0.2, 0) is 16.6 Å².